The molecule has 1 saturated heterocycles. The molecule has 0 aromatic rings. The maximum atomic E-state index is 11.8. The van der Waals surface area contributed by atoms with Crippen LogP contribution in [0.3, 0.4) is 0 Å². The van der Waals surface area contributed by atoms with E-state index in [1.165, 1.54) is 57.3 Å². The monoisotopic (exact) mass is 543 g/mol. The molecule has 12 atom stereocenters. The maximum Gasteiger partial charge on any atom is 0.302 e. The molecule has 5 aliphatic rings. The molecular formula is C33H53NO5. The van der Waals surface area contributed by atoms with Crippen LogP contribution in [0.2, 0.25) is 0 Å². The minimum absolute atomic E-state index is 0.124. The van der Waals surface area contributed by atoms with E-state index in [9.17, 15) is 14.4 Å². The summed E-state index contributed by atoms with van der Waals surface area (Å²) in [6.07, 6.45) is 12.5. The van der Waals surface area contributed by atoms with Crippen molar-refractivity contribution in [3.63, 3.8) is 0 Å². The van der Waals surface area contributed by atoms with Crippen molar-refractivity contribution in [2.45, 2.75) is 131 Å². The summed E-state index contributed by atoms with van der Waals surface area (Å²) in [6, 6.07) is 0. The Labute approximate surface area is 236 Å². The van der Waals surface area contributed by atoms with Crippen LogP contribution in [0, 0.1) is 52.3 Å². The highest BCUT2D eigenvalue weighted by Gasteiger charge is 2.65. The molecule has 6 heteroatoms. The molecule has 2 amide bonds. The molecule has 0 aromatic heterocycles. The Hall–Kier alpha value is -1.43. The van der Waals surface area contributed by atoms with Crippen LogP contribution in [-0.4, -0.2) is 47.5 Å². The van der Waals surface area contributed by atoms with Crippen LogP contribution in [0.1, 0.15) is 113 Å². The molecule has 5 fully saturated rings. The summed E-state index contributed by atoms with van der Waals surface area (Å²) < 4.78 is 12.5. The number of hydrogen-bond donors (Lipinski definition) is 0. The van der Waals surface area contributed by atoms with E-state index >= 15 is 0 Å². The molecule has 4 saturated carbocycles. The van der Waals surface area contributed by atoms with Crippen molar-refractivity contribution in [3.8, 4) is 0 Å². The third-order valence-corrected chi connectivity index (χ3v) is 12.7. The summed E-state index contributed by atoms with van der Waals surface area (Å²) in [7, 11) is 0. The molecule has 4 aliphatic carbocycles. The van der Waals surface area contributed by atoms with Crippen LogP contribution in [0.25, 0.3) is 0 Å². The molecule has 39 heavy (non-hydrogen) atoms. The predicted octanol–water partition coefficient (Wildman–Crippen LogP) is 6.40. The highest BCUT2D eigenvalue weighted by molar-refractivity contribution is 5.92. The molecule has 0 radical (unpaired) electrons. The summed E-state index contributed by atoms with van der Waals surface area (Å²) in [5, 5.41) is 0. The number of amides is 2. The van der Waals surface area contributed by atoms with Gasteiger partial charge in [-0.2, -0.15) is 0 Å². The first kappa shape index (κ1) is 29.1. The molecule has 0 N–H and O–H groups in total. The van der Waals surface area contributed by atoms with Gasteiger partial charge in [-0.1, -0.05) is 27.7 Å². The maximum absolute atomic E-state index is 11.8. The first-order valence-corrected chi connectivity index (χ1v) is 16.0. The number of carbonyl (C=O) groups is 3. The van der Waals surface area contributed by atoms with Crippen molar-refractivity contribution in [1.82, 2.24) is 4.90 Å². The van der Waals surface area contributed by atoms with Crippen molar-refractivity contribution in [2.75, 3.05) is 6.54 Å². The Balaban J connectivity index is 1.21. The number of hydrogen-bond acceptors (Lipinski definition) is 5. The Kier molecular flexibility index (Phi) is 8.02. The van der Waals surface area contributed by atoms with Crippen molar-refractivity contribution in [1.29, 1.82) is 0 Å². The minimum Gasteiger partial charge on any atom is -0.463 e. The molecule has 1 aliphatic heterocycles. The molecule has 0 unspecified atom stereocenters. The van der Waals surface area contributed by atoms with Crippen LogP contribution >= 0.6 is 0 Å². The Bertz CT molecular complexity index is 952. The molecular weight excluding hydrogens is 490 g/mol. The highest BCUT2D eigenvalue weighted by atomic mass is 16.5. The van der Waals surface area contributed by atoms with E-state index in [1.807, 2.05) is 0 Å². The largest absolute Gasteiger partial charge is 0.463 e. The third-order valence-electron chi connectivity index (χ3n) is 12.7. The fourth-order valence-electron chi connectivity index (χ4n) is 10.9. The van der Waals surface area contributed by atoms with Gasteiger partial charge in [0, 0.05) is 27.3 Å². The average molecular weight is 544 g/mol. The van der Waals surface area contributed by atoms with Gasteiger partial charge in [-0.3, -0.25) is 19.3 Å². The summed E-state index contributed by atoms with van der Waals surface area (Å²) in [5.74, 6) is 4.06. The van der Waals surface area contributed by atoms with Gasteiger partial charge in [0.05, 0.1) is 12.2 Å². The van der Waals surface area contributed by atoms with Crippen LogP contribution in [0.4, 0.5) is 0 Å². The van der Waals surface area contributed by atoms with E-state index in [1.54, 1.807) is 6.92 Å². The van der Waals surface area contributed by atoms with Crippen LogP contribution in [0.5, 0.6) is 0 Å². The SMILES string of the molecule is CC(=O)O[C@H]1CC[C@@]2(C)[C@@H](CC[C@@H]3[C@@H]2CC[C@]2(C)[C@H]4[C@H](C)[C@@H](CC[C@@H](C)CN(C(C)=O)C(C)=O)O[C@H]4C[C@@H]32)C1. The normalized spacial score (nSPS) is 45.4. The third kappa shape index (κ3) is 5.10. The first-order valence-electron chi connectivity index (χ1n) is 16.0. The van der Waals surface area contributed by atoms with Crippen molar-refractivity contribution >= 4 is 17.8 Å². The predicted molar refractivity (Wildman–Crippen MR) is 150 cm³/mol. The minimum atomic E-state index is -0.163. The van der Waals surface area contributed by atoms with E-state index in [-0.39, 0.29) is 35.9 Å². The molecule has 0 bridgehead atoms. The van der Waals surface area contributed by atoms with Crippen molar-refractivity contribution in [3.05, 3.63) is 0 Å². The zero-order chi connectivity index (χ0) is 28.3. The fourth-order valence-corrected chi connectivity index (χ4v) is 10.9. The second-order valence-electron chi connectivity index (χ2n) is 14.9. The van der Waals surface area contributed by atoms with Gasteiger partial charge in [0.25, 0.3) is 0 Å². The van der Waals surface area contributed by atoms with E-state index in [4.69, 9.17) is 9.47 Å². The van der Waals surface area contributed by atoms with E-state index in [0.29, 0.717) is 41.2 Å². The number of carbonyl (C=O) groups excluding carboxylic acids is 3. The van der Waals surface area contributed by atoms with Gasteiger partial charge < -0.3 is 9.47 Å². The Morgan fingerprint density at radius 1 is 0.949 bits per heavy atom. The van der Waals surface area contributed by atoms with Gasteiger partial charge in [0.15, 0.2) is 0 Å². The topological polar surface area (TPSA) is 72.9 Å². The summed E-state index contributed by atoms with van der Waals surface area (Å²) in [4.78, 5) is 36.7. The summed E-state index contributed by atoms with van der Waals surface area (Å²) >= 11 is 0. The Morgan fingerprint density at radius 3 is 2.31 bits per heavy atom. The zero-order valence-electron chi connectivity index (χ0n) is 25.5. The Morgan fingerprint density at radius 2 is 1.64 bits per heavy atom. The van der Waals surface area contributed by atoms with E-state index in [2.05, 4.69) is 27.7 Å². The number of imide groups is 1. The molecule has 0 aromatic carbocycles. The number of esters is 1. The quantitative estimate of drug-likeness (QED) is 0.362. The fraction of sp³-hybridized carbons (Fsp3) is 0.909. The second kappa shape index (κ2) is 10.8. The zero-order valence-corrected chi connectivity index (χ0v) is 25.5. The standard InChI is InChI=1S/C33H53NO5/c1-19(18-34(21(3)35)22(4)36)8-11-29-20(2)31-30(39-29)17-28-26-10-9-24-16-25(38-23(5)37)12-14-32(24,6)27(26)13-15-33(28,31)7/h19-20,24-31H,8-18H2,1-7H3/t19-,20-,24+,25+,26-,27+,28+,29-,30+,31+,32+,33+/m1/s1. The lowest BCUT2D eigenvalue weighted by molar-refractivity contribution is -0.160. The smallest absolute Gasteiger partial charge is 0.302 e. The van der Waals surface area contributed by atoms with E-state index < -0.39 is 0 Å². The lowest BCUT2D eigenvalue weighted by atomic mass is 9.44. The van der Waals surface area contributed by atoms with Gasteiger partial charge in [-0.05, 0) is 116 Å². The van der Waals surface area contributed by atoms with Gasteiger partial charge in [-0.15, -0.1) is 0 Å². The van der Waals surface area contributed by atoms with Gasteiger partial charge in [0.1, 0.15) is 6.10 Å². The molecule has 5 rings (SSSR count). The molecule has 220 valence electrons. The molecule has 1 heterocycles. The number of fused-ring (bicyclic) bond motifs is 7. The van der Waals surface area contributed by atoms with E-state index in [0.717, 1.165) is 43.4 Å². The van der Waals surface area contributed by atoms with Crippen molar-refractivity contribution in [2.24, 2.45) is 52.3 Å². The summed E-state index contributed by atoms with van der Waals surface area (Å²) in [6.45, 7) is 14.8. The number of nitrogens with zero attached hydrogens (tertiary/aromatic N) is 1. The van der Waals surface area contributed by atoms with Gasteiger partial charge in [-0.25, -0.2) is 0 Å². The van der Waals surface area contributed by atoms with Crippen LogP contribution < -0.4 is 0 Å². The molecule has 0 spiro atoms. The number of ether oxygens (including phenoxy) is 2. The lowest BCUT2D eigenvalue weighted by Gasteiger charge is -2.61. The second-order valence-corrected chi connectivity index (χ2v) is 14.9. The first-order chi connectivity index (χ1) is 18.3. The van der Waals surface area contributed by atoms with Crippen LogP contribution in [0.15, 0.2) is 0 Å². The average Bonchev–Trinajstić information content (AvgIpc) is 3.33. The number of rotatable bonds is 6. The summed E-state index contributed by atoms with van der Waals surface area (Å²) in [5.41, 5.74) is 0.751. The van der Waals surface area contributed by atoms with Crippen LogP contribution in [-0.2, 0) is 23.9 Å². The highest BCUT2D eigenvalue weighted by Crippen LogP contribution is 2.70. The molecule has 6 nitrogen and oxygen atoms in total. The van der Waals surface area contributed by atoms with Gasteiger partial charge in [0.2, 0.25) is 11.8 Å². The lowest BCUT2D eigenvalue weighted by Crippen LogP contribution is -2.54. The van der Waals surface area contributed by atoms with Crippen molar-refractivity contribution < 1.29 is 23.9 Å². The van der Waals surface area contributed by atoms with Gasteiger partial charge >= 0.3 is 5.97 Å².